The minimum absolute atomic E-state index is 0.226. The molecule has 1 amide bonds. The lowest BCUT2D eigenvalue weighted by Gasteiger charge is -2.32. The Balaban J connectivity index is 1.48. The topological polar surface area (TPSA) is 59.0 Å². The minimum atomic E-state index is 0.226. The molecule has 27 heavy (non-hydrogen) atoms. The molecule has 3 aromatic heterocycles. The summed E-state index contributed by atoms with van der Waals surface area (Å²) in [6, 6.07) is 8.02. The Morgan fingerprint density at radius 1 is 1.22 bits per heavy atom. The first-order valence-corrected chi connectivity index (χ1v) is 10.1. The highest BCUT2D eigenvalue weighted by molar-refractivity contribution is 7.10. The minimum Gasteiger partial charge on any atom is -0.342 e. The fourth-order valence-electron chi connectivity index (χ4n) is 3.63. The highest BCUT2D eigenvalue weighted by Crippen LogP contribution is 2.33. The van der Waals surface area contributed by atoms with Crippen LogP contribution in [0.1, 0.15) is 35.2 Å². The second-order valence-electron chi connectivity index (χ2n) is 6.86. The van der Waals surface area contributed by atoms with Crippen molar-refractivity contribution in [1.29, 1.82) is 0 Å². The zero-order valence-electron chi connectivity index (χ0n) is 15.3. The number of carbonyl (C=O) groups is 1. The normalized spacial score (nSPS) is 15.1. The average Bonchev–Trinajstić information content (AvgIpc) is 3.22. The first kappa shape index (κ1) is 17.8. The smallest absolute Gasteiger partial charge is 0.227 e. The summed E-state index contributed by atoms with van der Waals surface area (Å²) in [5.74, 6) is 1.36. The van der Waals surface area contributed by atoms with E-state index in [9.17, 15) is 4.79 Å². The molecule has 0 aromatic carbocycles. The quantitative estimate of drug-likeness (QED) is 0.692. The van der Waals surface area contributed by atoms with Gasteiger partial charge in [-0.1, -0.05) is 6.07 Å². The van der Waals surface area contributed by atoms with Gasteiger partial charge in [0.15, 0.2) is 0 Å². The SMILES string of the molecule is Cc1ncc(-c2ccncc2)c(C2CCN(C(=O)Cc3cccs3)CC2)n1. The summed E-state index contributed by atoms with van der Waals surface area (Å²) in [6.45, 7) is 3.50. The first-order chi connectivity index (χ1) is 13.2. The number of piperidine rings is 1. The van der Waals surface area contributed by atoms with Crippen LogP contribution in [0.3, 0.4) is 0 Å². The number of likely N-dealkylation sites (tertiary alicyclic amines) is 1. The average molecular weight is 379 g/mol. The molecule has 4 heterocycles. The Kier molecular flexibility index (Phi) is 5.25. The third-order valence-electron chi connectivity index (χ3n) is 5.07. The van der Waals surface area contributed by atoms with Gasteiger partial charge in [0, 0.05) is 48.0 Å². The van der Waals surface area contributed by atoms with E-state index in [0.29, 0.717) is 12.3 Å². The van der Waals surface area contributed by atoms with Crippen molar-refractivity contribution in [2.24, 2.45) is 0 Å². The maximum absolute atomic E-state index is 12.6. The van der Waals surface area contributed by atoms with E-state index >= 15 is 0 Å². The van der Waals surface area contributed by atoms with E-state index in [4.69, 9.17) is 4.98 Å². The molecule has 4 rings (SSSR count). The van der Waals surface area contributed by atoms with E-state index in [1.165, 1.54) is 0 Å². The molecule has 6 heteroatoms. The molecule has 0 spiro atoms. The van der Waals surface area contributed by atoms with Crippen molar-refractivity contribution in [2.75, 3.05) is 13.1 Å². The molecule has 3 aromatic rings. The summed E-state index contributed by atoms with van der Waals surface area (Å²) < 4.78 is 0. The Labute approximate surface area is 163 Å². The zero-order chi connectivity index (χ0) is 18.6. The molecule has 1 fully saturated rings. The fraction of sp³-hybridized carbons (Fsp3) is 0.333. The molecule has 0 bridgehead atoms. The van der Waals surface area contributed by atoms with Crippen molar-refractivity contribution < 1.29 is 4.79 Å². The summed E-state index contributed by atoms with van der Waals surface area (Å²) in [5.41, 5.74) is 3.27. The maximum Gasteiger partial charge on any atom is 0.227 e. The van der Waals surface area contributed by atoms with Crippen LogP contribution in [0.4, 0.5) is 0 Å². The largest absolute Gasteiger partial charge is 0.342 e. The van der Waals surface area contributed by atoms with Gasteiger partial charge in [-0.15, -0.1) is 11.3 Å². The van der Waals surface area contributed by atoms with Crippen LogP contribution in [-0.2, 0) is 11.2 Å². The third-order valence-corrected chi connectivity index (χ3v) is 5.95. The summed E-state index contributed by atoms with van der Waals surface area (Å²) in [5, 5.41) is 2.02. The Morgan fingerprint density at radius 2 is 2.00 bits per heavy atom. The lowest BCUT2D eigenvalue weighted by atomic mass is 9.89. The first-order valence-electron chi connectivity index (χ1n) is 9.25. The molecule has 0 atom stereocenters. The van der Waals surface area contributed by atoms with Gasteiger partial charge in [0.2, 0.25) is 5.91 Å². The van der Waals surface area contributed by atoms with Crippen molar-refractivity contribution in [2.45, 2.75) is 32.1 Å². The van der Waals surface area contributed by atoms with Crippen molar-refractivity contribution in [3.63, 3.8) is 0 Å². The highest BCUT2D eigenvalue weighted by atomic mass is 32.1. The van der Waals surface area contributed by atoms with E-state index in [-0.39, 0.29) is 5.91 Å². The van der Waals surface area contributed by atoms with Gasteiger partial charge in [-0.05, 0) is 48.9 Å². The maximum atomic E-state index is 12.6. The van der Waals surface area contributed by atoms with Crippen molar-refractivity contribution >= 4 is 17.2 Å². The number of aromatic nitrogens is 3. The summed E-state index contributed by atoms with van der Waals surface area (Å²) in [4.78, 5) is 29.0. The molecule has 0 radical (unpaired) electrons. The van der Waals surface area contributed by atoms with Gasteiger partial charge in [-0.25, -0.2) is 9.97 Å². The molecule has 1 aliphatic rings. The molecule has 1 saturated heterocycles. The van der Waals surface area contributed by atoms with Crippen LogP contribution < -0.4 is 0 Å². The number of rotatable bonds is 4. The fourth-order valence-corrected chi connectivity index (χ4v) is 4.32. The van der Waals surface area contributed by atoms with E-state index in [0.717, 1.165) is 53.5 Å². The van der Waals surface area contributed by atoms with Gasteiger partial charge < -0.3 is 4.90 Å². The second kappa shape index (κ2) is 7.96. The molecule has 0 saturated carbocycles. The van der Waals surface area contributed by atoms with Crippen LogP contribution in [-0.4, -0.2) is 38.8 Å². The van der Waals surface area contributed by atoms with Gasteiger partial charge >= 0.3 is 0 Å². The lowest BCUT2D eigenvalue weighted by Crippen LogP contribution is -2.39. The van der Waals surface area contributed by atoms with E-state index < -0.39 is 0 Å². The number of thiophene rings is 1. The molecule has 1 aliphatic heterocycles. The Bertz CT molecular complexity index is 903. The van der Waals surface area contributed by atoms with Crippen molar-refractivity contribution in [3.05, 3.63) is 64.6 Å². The molecule has 0 aliphatic carbocycles. The van der Waals surface area contributed by atoms with Crippen LogP contribution in [0.5, 0.6) is 0 Å². The Hall–Kier alpha value is -2.60. The van der Waals surface area contributed by atoms with Crippen LogP contribution in [0.2, 0.25) is 0 Å². The van der Waals surface area contributed by atoms with Gasteiger partial charge in [-0.3, -0.25) is 9.78 Å². The number of pyridine rings is 1. The van der Waals surface area contributed by atoms with Gasteiger partial charge in [-0.2, -0.15) is 0 Å². The molecular weight excluding hydrogens is 356 g/mol. The van der Waals surface area contributed by atoms with E-state index in [2.05, 4.69) is 9.97 Å². The van der Waals surface area contributed by atoms with Crippen LogP contribution in [0, 0.1) is 6.92 Å². The predicted molar refractivity (Wildman–Crippen MR) is 107 cm³/mol. The number of aryl methyl sites for hydroxylation is 1. The van der Waals surface area contributed by atoms with Crippen molar-refractivity contribution in [1.82, 2.24) is 19.9 Å². The highest BCUT2D eigenvalue weighted by Gasteiger charge is 2.27. The number of carbonyl (C=O) groups excluding carboxylic acids is 1. The van der Waals surface area contributed by atoms with Gasteiger partial charge in [0.05, 0.1) is 12.1 Å². The van der Waals surface area contributed by atoms with Crippen molar-refractivity contribution in [3.8, 4) is 11.1 Å². The number of amides is 1. The molecule has 0 unspecified atom stereocenters. The predicted octanol–water partition coefficient (Wildman–Crippen LogP) is 3.86. The van der Waals surface area contributed by atoms with Crippen LogP contribution >= 0.6 is 11.3 Å². The standard InChI is InChI=1S/C21H22N4OS/c1-15-23-14-19(16-4-8-22-9-5-16)21(24-15)17-6-10-25(11-7-17)20(26)13-18-3-2-12-27-18/h2-5,8-9,12,14,17H,6-7,10-11,13H2,1H3. The van der Waals surface area contributed by atoms with Crippen LogP contribution in [0.15, 0.2) is 48.2 Å². The second-order valence-corrected chi connectivity index (χ2v) is 7.90. The molecule has 0 N–H and O–H groups in total. The number of hydrogen-bond acceptors (Lipinski definition) is 5. The third kappa shape index (κ3) is 4.06. The number of hydrogen-bond donors (Lipinski definition) is 0. The van der Waals surface area contributed by atoms with Gasteiger partial charge in [0.1, 0.15) is 5.82 Å². The monoisotopic (exact) mass is 378 g/mol. The summed E-state index contributed by atoms with van der Waals surface area (Å²) >= 11 is 1.64. The zero-order valence-corrected chi connectivity index (χ0v) is 16.2. The summed E-state index contributed by atoms with van der Waals surface area (Å²) in [7, 11) is 0. The molecular formula is C21H22N4OS. The summed E-state index contributed by atoms with van der Waals surface area (Å²) in [6.07, 6.45) is 7.89. The number of nitrogens with zero attached hydrogens (tertiary/aromatic N) is 4. The lowest BCUT2D eigenvalue weighted by molar-refractivity contribution is -0.131. The van der Waals surface area contributed by atoms with Crippen LogP contribution in [0.25, 0.3) is 11.1 Å². The Morgan fingerprint density at radius 3 is 2.70 bits per heavy atom. The molecule has 5 nitrogen and oxygen atoms in total. The molecule has 138 valence electrons. The van der Waals surface area contributed by atoms with E-state index in [1.54, 1.807) is 23.7 Å². The van der Waals surface area contributed by atoms with Gasteiger partial charge in [0.25, 0.3) is 0 Å². The van der Waals surface area contributed by atoms with E-state index in [1.807, 2.05) is 47.7 Å².